The summed E-state index contributed by atoms with van der Waals surface area (Å²) in [5.74, 6) is -0.486. The Kier molecular flexibility index (Phi) is 3.53. The number of halogens is 1. The van der Waals surface area contributed by atoms with Gasteiger partial charge in [-0.3, -0.25) is 4.79 Å². The Morgan fingerprint density at radius 3 is 2.56 bits per heavy atom. The summed E-state index contributed by atoms with van der Waals surface area (Å²) in [7, 11) is 0. The Hall–Kier alpha value is -3.15. The van der Waals surface area contributed by atoms with Gasteiger partial charge in [0.05, 0.1) is 11.3 Å². The van der Waals surface area contributed by atoms with Crippen molar-refractivity contribution in [3.05, 3.63) is 59.4 Å². The van der Waals surface area contributed by atoms with E-state index >= 15 is 0 Å². The highest BCUT2D eigenvalue weighted by Crippen LogP contribution is 2.40. The lowest BCUT2D eigenvalue weighted by Crippen LogP contribution is -2.25. The Bertz CT molecular complexity index is 918. The summed E-state index contributed by atoms with van der Waals surface area (Å²) in [6.07, 6.45) is -0.453. The molecule has 0 aromatic heterocycles. The topological polar surface area (TPSA) is 64.6 Å². The van der Waals surface area contributed by atoms with Gasteiger partial charge in [0.15, 0.2) is 6.61 Å². The van der Waals surface area contributed by atoms with Crippen molar-refractivity contribution in [1.82, 2.24) is 0 Å². The molecule has 0 saturated carbocycles. The summed E-state index contributed by atoms with van der Waals surface area (Å²) in [6.45, 7) is 1.76. The van der Waals surface area contributed by atoms with Gasteiger partial charge in [-0.2, -0.15) is 0 Å². The molecule has 0 unspecified atom stereocenters. The van der Waals surface area contributed by atoms with Crippen LogP contribution in [0.15, 0.2) is 42.5 Å². The largest absolute Gasteiger partial charge is 0.482 e. The second-order valence-electron chi connectivity index (χ2n) is 5.89. The number of rotatable bonds is 2. The van der Waals surface area contributed by atoms with E-state index in [1.165, 1.54) is 12.1 Å². The van der Waals surface area contributed by atoms with E-state index in [0.29, 0.717) is 28.1 Å². The van der Waals surface area contributed by atoms with Crippen LogP contribution in [0.1, 0.15) is 18.1 Å². The normalized spacial score (nSPS) is 19.2. The molecule has 2 aromatic rings. The molecule has 0 spiro atoms. The summed E-state index contributed by atoms with van der Waals surface area (Å²) in [4.78, 5) is 23.9. The molecule has 0 aliphatic carbocycles. The van der Waals surface area contributed by atoms with Gasteiger partial charge in [0.25, 0.3) is 5.91 Å². The van der Waals surface area contributed by atoms with Gasteiger partial charge in [-0.05, 0) is 42.3 Å². The second-order valence-corrected chi connectivity index (χ2v) is 5.89. The van der Waals surface area contributed by atoms with Gasteiger partial charge >= 0.3 is 5.97 Å². The van der Waals surface area contributed by atoms with E-state index in [1.807, 2.05) is 6.07 Å². The number of fused-ring (bicyclic) bond motifs is 1. The zero-order valence-corrected chi connectivity index (χ0v) is 13.3. The molecular weight excluding hydrogens is 325 g/mol. The smallest absolute Gasteiger partial charge is 0.339 e. The van der Waals surface area contributed by atoms with Crippen LogP contribution >= 0.6 is 0 Å². The first-order valence-electron chi connectivity index (χ1n) is 7.81. The van der Waals surface area contributed by atoms with Gasteiger partial charge in [0.1, 0.15) is 17.7 Å². The van der Waals surface area contributed by atoms with Gasteiger partial charge in [-0.25, -0.2) is 9.18 Å². The molecule has 0 radical (unpaired) electrons. The summed E-state index contributed by atoms with van der Waals surface area (Å²) >= 11 is 0. The van der Waals surface area contributed by atoms with Crippen molar-refractivity contribution in [2.24, 2.45) is 0 Å². The summed E-state index contributed by atoms with van der Waals surface area (Å²) in [5, 5.41) is 2.75. The lowest BCUT2D eigenvalue weighted by Gasteiger charge is -2.19. The van der Waals surface area contributed by atoms with E-state index in [0.717, 1.165) is 5.56 Å². The maximum Gasteiger partial charge on any atom is 0.339 e. The number of hydrogen-bond acceptors (Lipinski definition) is 4. The number of hydrogen-bond donors (Lipinski definition) is 1. The first-order chi connectivity index (χ1) is 12.0. The van der Waals surface area contributed by atoms with Crippen LogP contribution in [0.25, 0.3) is 11.1 Å². The fraction of sp³-hybridized carbons (Fsp3) is 0.158. The first kappa shape index (κ1) is 15.4. The van der Waals surface area contributed by atoms with Gasteiger partial charge < -0.3 is 14.8 Å². The van der Waals surface area contributed by atoms with Crippen LogP contribution in [0.5, 0.6) is 5.75 Å². The van der Waals surface area contributed by atoms with Gasteiger partial charge in [0, 0.05) is 5.57 Å². The van der Waals surface area contributed by atoms with Gasteiger partial charge in [-0.15, -0.1) is 0 Å². The van der Waals surface area contributed by atoms with Crippen LogP contribution in [-0.2, 0) is 14.3 Å². The number of amides is 1. The van der Waals surface area contributed by atoms with Crippen LogP contribution in [0.2, 0.25) is 0 Å². The minimum Gasteiger partial charge on any atom is -0.482 e. The molecule has 0 bridgehead atoms. The van der Waals surface area contributed by atoms with Crippen LogP contribution < -0.4 is 10.1 Å². The predicted molar refractivity (Wildman–Crippen MR) is 89.3 cm³/mol. The average Bonchev–Trinajstić information content (AvgIpc) is 2.89. The lowest BCUT2D eigenvalue weighted by molar-refractivity contribution is -0.136. The molecule has 25 heavy (non-hydrogen) atoms. The van der Waals surface area contributed by atoms with Crippen LogP contribution in [0, 0.1) is 5.82 Å². The fourth-order valence-corrected chi connectivity index (χ4v) is 3.11. The molecule has 1 atom stereocenters. The Labute approximate surface area is 143 Å². The van der Waals surface area contributed by atoms with Crippen LogP contribution in [0.4, 0.5) is 10.1 Å². The highest BCUT2D eigenvalue weighted by Gasteiger charge is 2.33. The van der Waals surface area contributed by atoms with Crippen molar-refractivity contribution in [2.75, 3.05) is 11.9 Å². The number of esters is 1. The van der Waals surface area contributed by atoms with E-state index in [9.17, 15) is 14.0 Å². The third-order valence-electron chi connectivity index (χ3n) is 4.22. The molecule has 0 saturated heterocycles. The summed E-state index contributed by atoms with van der Waals surface area (Å²) in [6, 6.07) is 11.0. The minimum atomic E-state index is -0.453. The van der Waals surface area contributed by atoms with Crippen LogP contribution in [-0.4, -0.2) is 24.6 Å². The van der Waals surface area contributed by atoms with E-state index in [-0.39, 0.29) is 18.3 Å². The van der Waals surface area contributed by atoms with Crippen molar-refractivity contribution in [3.63, 3.8) is 0 Å². The molecule has 2 aromatic carbocycles. The highest BCUT2D eigenvalue weighted by atomic mass is 19.1. The molecule has 126 valence electrons. The van der Waals surface area contributed by atoms with Crippen molar-refractivity contribution >= 4 is 28.7 Å². The van der Waals surface area contributed by atoms with Gasteiger partial charge in [0.2, 0.25) is 0 Å². The Morgan fingerprint density at radius 1 is 1.08 bits per heavy atom. The number of carbonyl (C=O) groups is 2. The summed E-state index contributed by atoms with van der Waals surface area (Å²) < 4.78 is 23.9. The number of anilines is 1. The quantitative estimate of drug-likeness (QED) is 0.854. The highest BCUT2D eigenvalue weighted by molar-refractivity contribution is 6.28. The molecule has 1 amide bonds. The number of carbonyl (C=O) groups excluding carboxylic acids is 2. The van der Waals surface area contributed by atoms with E-state index in [1.54, 1.807) is 31.2 Å². The van der Waals surface area contributed by atoms with Crippen molar-refractivity contribution < 1.29 is 23.5 Å². The average molecular weight is 339 g/mol. The Morgan fingerprint density at radius 2 is 1.80 bits per heavy atom. The molecule has 2 aliphatic heterocycles. The molecule has 2 aliphatic rings. The zero-order valence-electron chi connectivity index (χ0n) is 13.3. The molecule has 4 rings (SSSR count). The third kappa shape index (κ3) is 2.65. The van der Waals surface area contributed by atoms with Crippen molar-refractivity contribution in [1.29, 1.82) is 0 Å². The van der Waals surface area contributed by atoms with Crippen LogP contribution in [0.3, 0.4) is 0 Å². The first-order valence-corrected chi connectivity index (χ1v) is 7.81. The van der Waals surface area contributed by atoms with E-state index in [2.05, 4.69) is 5.32 Å². The minimum absolute atomic E-state index is 0.0200. The summed E-state index contributed by atoms with van der Waals surface area (Å²) in [5.41, 5.74) is 2.96. The van der Waals surface area contributed by atoms with Gasteiger partial charge in [-0.1, -0.05) is 18.2 Å². The molecule has 2 heterocycles. The van der Waals surface area contributed by atoms with Crippen molar-refractivity contribution in [3.8, 4) is 5.75 Å². The SMILES string of the molecule is C[C@@H]1OC(=O)C(c2ccc(F)cc2)=C1c1ccc2c(c1)NC(=O)CO2. The van der Waals surface area contributed by atoms with E-state index in [4.69, 9.17) is 9.47 Å². The molecule has 0 fully saturated rings. The molecular formula is C19H14FNO4. The van der Waals surface area contributed by atoms with E-state index < -0.39 is 12.1 Å². The number of cyclic esters (lactones) is 1. The fourth-order valence-electron chi connectivity index (χ4n) is 3.11. The predicted octanol–water partition coefficient (Wildman–Crippen LogP) is 3.01. The maximum absolute atomic E-state index is 13.2. The second kappa shape index (κ2) is 5.73. The lowest BCUT2D eigenvalue weighted by atomic mass is 9.93. The number of benzene rings is 2. The standard InChI is InChI=1S/C19H14FNO4/c1-10-17(12-4-7-15-14(8-12)21-16(22)9-24-15)18(19(23)25-10)11-2-5-13(20)6-3-11/h2-8,10H,9H2,1H3,(H,21,22)/t10-/m0/s1. The maximum atomic E-state index is 13.2. The molecule has 6 heteroatoms. The Balaban J connectivity index is 1.85. The number of ether oxygens (including phenoxy) is 2. The number of nitrogens with one attached hydrogen (secondary N) is 1. The monoisotopic (exact) mass is 339 g/mol. The zero-order chi connectivity index (χ0) is 17.6. The van der Waals surface area contributed by atoms with Crippen molar-refractivity contribution in [2.45, 2.75) is 13.0 Å². The molecule has 5 nitrogen and oxygen atoms in total. The third-order valence-corrected chi connectivity index (χ3v) is 4.22. The molecule has 1 N–H and O–H groups in total.